The number of fused-ring (bicyclic) bond motifs is 1. The molecule has 0 aliphatic carbocycles. The first-order valence-electron chi connectivity index (χ1n) is 7.55. The number of aryl methyl sites for hydroxylation is 1. The van der Waals surface area contributed by atoms with Crippen LogP contribution in [0.15, 0.2) is 41.4 Å². The Balaban J connectivity index is 1.86. The Morgan fingerprint density at radius 1 is 1.20 bits per heavy atom. The molecule has 128 valence electrons. The summed E-state index contributed by atoms with van der Waals surface area (Å²) in [6.07, 6.45) is 0. The molecule has 25 heavy (non-hydrogen) atoms. The summed E-state index contributed by atoms with van der Waals surface area (Å²) in [5.74, 6) is 0.394. The van der Waals surface area contributed by atoms with Crippen molar-refractivity contribution in [3.8, 4) is 10.4 Å². The van der Waals surface area contributed by atoms with Gasteiger partial charge < -0.3 is 5.32 Å². The van der Waals surface area contributed by atoms with E-state index in [2.05, 4.69) is 32.7 Å². The second kappa shape index (κ2) is 7.62. The fraction of sp³-hybridized carbons (Fsp3) is 0.176. The number of nitrogens with zero attached hydrogens (tertiary/aromatic N) is 2. The molecule has 0 bridgehead atoms. The summed E-state index contributed by atoms with van der Waals surface area (Å²) in [5.41, 5.74) is 1.12. The van der Waals surface area contributed by atoms with Crippen LogP contribution < -0.4 is 10.6 Å². The summed E-state index contributed by atoms with van der Waals surface area (Å²) in [6.45, 7) is 1.83. The Hall–Kier alpha value is -2.45. The van der Waals surface area contributed by atoms with E-state index in [1.165, 1.54) is 18.8 Å². The summed E-state index contributed by atoms with van der Waals surface area (Å²) in [6, 6.07) is 11.6. The van der Waals surface area contributed by atoms with Gasteiger partial charge in [-0.3, -0.25) is 10.1 Å². The number of benzene rings is 1. The molecule has 0 saturated heterocycles. The molecule has 2 N–H and O–H groups in total. The fourth-order valence-electron chi connectivity index (χ4n) is 2.21. The number of nitrogens with one attached hydrogen (secondary N) is 2. The highest BCUT2D eigenvalue weighted by Crippen LogP contribution is 2.36. The number of hydrogen-bond acceptors (Lipinski definition) is 6. The van der Waals surface area contributed by atoms with E-state index >= 15 is 0 Å². The second-order valence-electron chi connectivity index (χ2n) is 5.19. The molecule has 0 aliphatic rings. The molecular formula is C17H16N4O2S2. The molecule has 0 aliphatic heterocycles. The quantitative estimate of drug-likeness (QED) is 0.543. The predicted octanol–water partition coefficient (Wildman–Crippen LogP) is 3.21. The van der Waals surface area contributed by atoms with Crippen molar-refractivity contribution in [2.45, 2.75) is 11.9 Å². The van der Waals surface area contributed by atoms with E-state index < -0.39 is 6.03 Å². The fourth-order valence-corrected chi connectivity index (χ4v) is 4.21. The van der Waals surface area contributed by atoms with Gasteiger partial charge in [0.2, 0.25) is 5.91 Å². The Bertz CT molecular complexity index is 925. The Kier molecular flexibility index (Phi) is 5.30. The van der Waals surface area contributed by atoms with Crippen LogP contribution in [0.25, 0.3) is 20.7 Å². The molecule has 3 rings (SSSR count). The van der Waals surface area contributed by atoms with Crippen LogP contribution in [-0.4, -0.2) is 34.7 Å². The largest absolute Gasteiger partial charge is 0.341 e. The van der Waals surface area contributed by atoms with Gasteiger partial charge in [0.1, 0.15) is 15.7 Å². The number of rotatable bonds is 4. The molecule has 0 spiro atoms. The average Bonchev–Trinajstić information content (AvgIpc) is 3.04. The van der Waals surface area contributed by atoms with Crippen molar-refractivity contribution < 1.29 is 9.59 Å². The van der Waals surface area contributed by atoms with E-state index in [-0.39, 0.29) is 11.7 Å². The van der Waals surface area contributed by atoms with E-state index in [0.29, 0.717) is 5.82 Å². The minimum atomic E-state index is -0.517. The first kappa shape index (κ1) is 17.4. The van der Waals surface area contributed by atoms with E-state index in [1.54, 1.807) is 11.3 Å². The normalized spacial score (nSPS) is 10.6. The zero-order chi connectivity index (χ0) is 17.8. The molecule has 0 unspecified atom stereocenters. The Labute approximate surface area is 153 Å². The minimum Gasteiger partial charge on any atom is -0.341 e. The third-order valence-electron chi connectivity index (χ3n) is 3.35. The van der Waals surface area contributed by atoms with Crippen molar-refractivity contribution in [1.82, 2.24) is 20.6 Å². The van der Waals surface area contributed by atoms with Gasteiger partial charge in [0.05, 0.1) is 5.75 Å². The summed E-state index contributed by atoms with van der Waals surface area (Å²) in [5, 5.41) is 6.26. The van der Waals surface area contributed by atoms with Crippen molar-refractivity contribution >= 4 is 45.3 Å². The van der Waals surface area contributed by atoms with Gasteiger partial charge in [-0.2, -0.15) is 0 Å². The van der Waals surface area contributed by atoms with Gasteiger partial charge in [0.25, 0.3) is 0 Å². The third kappa shape index (κ3) is 4.15. The molecule has 0 fully saturated rings. The maximum absolute atomic E-state index is 11.8. The van der Waals surface area contributed by atoms with Crippen molar-refractivity contribution in [3.05, 3.63) is 42.2 Å². The molecule has 3 amide bonds. The maximum Gasteiger partial charge on any atom is 0.321 e. The Morgan fingerprint density at radius 2 is 1.96 bits per heavy atom. The SMILES string of the molecule is CNC(=O)NC(=O)CSc1nc(C)nc2sc(-c3ccccc3)cc12. The standard InChI is InChI=1S/C17H16N4O2S2/c1-10-19-15(24-9-14(22)21-17(23)18-2)12-8-13(25-16(12)20-10)11-6-4-3-5-7-11/h3-8H,9H2,1-2H3,(H2,18,21,22,23). The number of thioether (sulfide) groups is 1. The first-order chi connectivity index (χ1) is 12.1. The zero-order valence-corrected chi connectivity index (χ0v) is 15.3. The van der Waals surface area contributed by atoms with Crippen LogP contribution in [0.3, 0.4) is 0 Å². The molecule has 3 aromatic rings. The molecule has 2 aromatic heterocycles. The van der Waals surface area contributed by atoms with E-state index in [9.17, 15) is 9.59 Å². The molecule has 6 nitrogen and oxygen atoms in total. The highest BCUT2D eigenvalue weighted by Gasteiger charge is 2.14. The smallest absolute Gasteiger partial charge is 0.321 e. The summed E-state index contributed by atoms with van der Waals surface area (Å²) >= 11 is 2.89. The van der Waals surface area contributed by atoms with Gasteiger partial charge in [-0.25, -0.2) is 14.8 Å². The maximum atomic E-state index is 11.8. The monoisotopic (exact) mass is 372 g/mol. The number of amides is 3. The molecule has 0 atom stereocenters. The van der Waals surface area contributed by atoms with Crippen LogP contribution in [0.5, 0.6) is 0 Å². The van der Waals surface area contributed by atoms with Gasteiger partial charge in [-0.15, -0.1) is 11.3 Å². The second-order valence-corrected chi connectivity index (χ2v) is 7.18. The van der Waals surface area contributed by atoms with E-state index in [0.717, 1.165) is 25.7 Å². The molecule has 0 radical (unpaired) electrons. The lowest BCUT2D eigenvalue weighted by atomic mass is 10.2. The lowest BCUT2D eigenvalue weighted by Gasteiger charge is -2.04. The number of urea groups is 1. The summed E-state index contributed by atoms with van der Waals surface area (Å²) in [4.78, 5) is 33.9. The molecular weight excluding hydrogens is 356 g/mol. The zero-order valence-electron chi connectivity index (χ0n) is 13.7. The molecule has 2 heterocycles. The Morgan fingerprint density at radius 3 is 2.68 bits per heavy atom. The predicted molar refractivity (Wildman–Crippen MR) is 101 cm³/mol. The van der Waals surface area contributed by atoms with Crippen molar-refractivity contribution in [2.24, 2.45) is 0 Å². The van der Waals surface area contributed by atoms with Gasteiger partial charge in [0, 0.05) is 17.3 Å². The number of hydrogen-bond donors (Lipinski definition) is 2. The number of thiophene rings is 1. The van der Waals surface area contributed by atoms with Crippen LogP contribution in [0.2, 0.25) is 0 Å². The number of aromatic nitrogens is 2. The molecule has 8 heteroatoms. The van der Waals surface area contributed by atoms with Gasteiger partial charge in [-0.1, -0.05) is 42.1 Å². The van der Waals surface area contributed by atoms with Crippen molar-refractivity contribution in [2.75, 3.05) is 12.8 Å². The van der Waals surface area contributed by atoms with Crippen LogP contribution in [0.1, 0.15) is 5.82 Å². The molecule has 0 saturated carbocycles. The van der Waals surface area contributed by atoms with Crippen LogP contribution in [0, 0.1) is 6.92 Å². The highest BCUT2D eigenvalue weighted by molar-refractivity contribution is 8.00. The summed E-state index contributed by atoms with van der Waals surface area (Å²) < 4.78 is 0. The van der Waals surface area contributed by atoms with Crippen LogP contribution in [0.4, 0.5) is 4.79 Å². The highest BCUT2D eigenvalue weighted by atomic mass is 32.2. The third-order valence-corrected chi connectivity index (χ3v) is 5.42. The van der Waals surface area contributed by atoms with Gasteiger partial charge >= 0.3 is 6.03 Å². The van der Waals surface area contributed by atoms with E-state index in [1.807, 2.05) is 31.2 Å². The van der Waals surface area contributed by atoms with Crippen molar-refractivity contribution in [3.63, 3.8) is 0 Å². The van der Waals surface area contributed by atoms with E-state index in [4.69, 9.17) is 0 Å². The lowest BCUT2D eigenvalue weighted by molar-refractivity contribution is -0.117. The lowest BCUT2D eigenvalue weighted by Crippen LogP contribution is -2.38. The number of imide groups is 1. The van der Waals surface area contributed by atoms with Crippen molar-refractivity contribution in [1.29, 1.82) is 0 Å². The first-order valence-corrected chi connectivity index (χ1v) is 9.35. The topological polar surface area (TPSA) is 84.0 Å². The molecule has 1 aromatic carbocycles. The summed E-state index contributed by atoms with van der Waals surface area (Å²) in [7, 11) is 1.46. The minimum absolute atomic E-state index is 0.107. The van der Waals surface area contributed by atoms with Gasteiger partial charge in [0.15, 0.2) is 0 Å². The number of carbonyl (C=O) groups excluding carboxylic acids is 2. The van der Waals surface area contributed by atoms with Crippen LogP contribution in [-0.2, 0) is 4.79 Å². The average molecular weight is 372 g/mol. The van der Waals surface area contributed by atoms with Gasteiger partial charge in [-0.05, 0) is 18.6 Å². The number of carbonyl (C=O) groups is 2. The van der Waals surface area contributed by atoms with Crippen LogP contribution >= 0.6 is 23.1 Å².